The van der Waals surface area contributed by atoms with E-state index in [-0.39, 0.29) is 5.92 Å². The van der Waals surface area contributed by atoms with Crippen molar-refractivity contribution in [2.75, 3.05) is 18.0 Å². The van der Waals surface area contributed by atoms with Gasteiger partial charge in [-0.1, -0.05) is 0 Å². The molecule has 0 radical (unpaired) electrons. The summed E-state index contributed by atoms with van der Waals surface area (Å²) in [5.74, 6) is 0.527. The Hall–Kier alpha value is -1.65. The minimum atomic E-state index is -0.698. The van der Waals surface area contributed by atoms with Crippen molar-refractivity contribution in [3.05, 3.63) is 18.1 Å². The Bertz CT molecular complexity index is 459. The van der Waals surface area contributed by atoms with E-state index in [1.807, 2.05) is 6.07 Å². The zero-order chi connectivity index (χ0) is 12.5. The molecule has 0 spiro atoms. The Balaban J connectivity index is 1.76. The summed E-state index contributed by atoms with van der Waals surface area (Å²) >= 11 is 0. The predicted molar refractivity (Wildman–Crippen MR) is 66.6 cm³/mol. The number of rotatable bonds is 3. The highest BCUT2D eigenvalue weighted by molar-refractivity contribution is 5.71. The molecule has 1 saturated carbocycles. The Morgan fingerprint density at radius 2 is 2.17 bits per heavy atom. The zero-order valence-corrected chi connectivity index (χ0v) is 10.2. The summed E-state index contributed by atoms with van der Waals surface area (Å²) in [4.78, 5) is 21.7. The van der Waals surface area contributed by atoms with Crippen molar-refractivity contribution >= 4 is 11.8 Å². The monoisotopic (exact) mass is 247 g/mol. The van der Waals surface area contributed by atoms with Crippen molar-refractivity contribution in [3.8, 4) is 0 Å². The van der Waals surface area contributed by atoms with Crippen LogP contribution in [0.1, 0.15) is 37.3 Å². The molecule has 18 heavy (non-hydrogen) atoms. The third-order valence-corrected chi connectivity index (χ3v) is 3.76. The van der Waals surface area contributed by atoms with Gasteiger partial charge in [-0.3, -0.25) is 4.79 Å². The molecule has 2 heterocycles. The van der Waals surface area contributed by atoms with Crippen molar-refractivity contribution in [1.29, 1.82) is 0 Å². The van der Waals surface area contributed by atoms with Crippen LogP contribution in [0.5, 0.6) is 0 Å². The summed E-state index contributed by atoms with van der Waals surface area (Å²) in [6.45, 7) is 1.46. The molecule has 0 amide bonds. The third-order valence-electron chi connectivity index (χ3n) is 3.76. The second-order valence-corrected chi connectivity index (χ2v) is 5.20. The van der Waals surface area contributed by atoms with E-state index in [9.17, 15) is 4.79 Å². The first-order valence-corrected chi connectivity index (χ1v) is 6.54. The minimum Gasteiger partial charge on any atom is -0.481 e. The average molecular weight is 247 g/mol. The fraction of sp³-hybridized carbons (Fsp3) is 0.615. The van der Waals surface area contributed by atoms with Crippen LogP contribution >= 0.6 is 0 Å². The molecule has 2 fully saturated rings. The molecule has 1 aromatic rings. The molecule has 3 rings (SSSR count). The fourth-order valence-corrected chi connectivity index (χ4v) is 2.52. The molecule has 2 aliphatic rings. The van der Waals surface area contributed by atoms with Crippen LogP contribution in [-0.4, -0.2) is 34.1 Å². The summed E-state index contributed by atoms with van der Waals surface area (Å²) in [6.07, 6.45) is 5.72. The van der Waals surface area contributed by atoms with Gasteiger partial charge in [0.05, 0.1) is 5.92 Å². The van der Waals surface area contributed by atoms with Crippen molar-refractivity contribution in [1.82, 2.24) is 9.97 Å². The van der Waals surface area contributed by atoms with Gasteiger partial charge in [-0.25, -0.2) is 9.97 Å². The maximum Gasteiger partial charge on any atom is 0.308 e. The Morgan fingerprint density at radius 1 is 1.33 bits per heavy atom. The van der Waals surface area contributed by atoms with Crippen LogP contribution in [-0.2, 0) is 4.79 Å². The molecule has 5 heteroatoms. The summed E-state index contributed by atoms with van der Waals surface area (Å²) in [6, 6.07) is 2.03. The van der Waals surface area contributed by atoms with Gasteiger partial charge in [0, 0.05) is 30.8 Å². The van der Waals surface area contributed by atoms with Gasteiger partial charge in [0.25, 0.3) is 0 Å². The first-order valence-electron chi connectivity index (χ1n) is 6.54. The smallest absolute Gasteiger partial charge is 0.308 e. The Morgan fingerprint density at radius 3 is 2.89 bits per heavy atom. The number of carboxylic acid groups (broad SMARTS) is 1. The molecule has 96 valence electrons. The normalized spacial score (nSPS) is 24.0. The number of anilines is 1. The number of nitrogens with zero attached hydrogens (tertiary/aromatic N) is 3. The van der Waals surface area contributed by atoms with Crippen LogP contribution in [0, 0.1) is 5.92 Å². The van der Waals surface area contributed by atoms with Crippen LogP contribution in [0.2, 0.25) is 0 Å². The Labute approximate surface area is 106 Å². The molecule has 1 aliphatic heterocycles. The second kappa shape index (κ2) is 4.55. The summed E-state index contributed by atoms with van der Waals surface area (Å²) in [7, 11) is 0. The van der Waals surface area contributed by atoms with E-state index in [1.54, 1.807) is 6.33 Å². The van der Waals surface area contributed by atoms with Crippen molar-refractivity contribution in [2.24, 2.45) is 5.92 Å². The number of aliphatic carboxylic acids is 1. The highest BCUT2D eigenvalue weighted by Gasteiger charge is 2.28. The van der Waals surface area contributed by atoms with Gasteiger partial charge in [0.15, 0.2) is 0 Å². The lowest BCUT2D eigenvalue weighted by atomic mass is 9.98. The highest BCUT2D eigenvalue weighted by Crippen LogP contribution is 2.39. The number of hydrogen-bond acceptors (Lipinski definition) is 4. The number of piperidine rings is 1. The molecule has 1 N–H and O–H groups in total. The summed E-state index contributed by atoms with van der Waals surface area (Å²) < 4.78 is 0. The molecule has 1 aliphatic carbocycles. The molecule has 0 bridgehead atoms. The lowest BCUT2D eigenvalue weighted by Crippen LogP contribution is -2.39. The average Bonchev–Trinajstić information content (AvgIpc) is 3.23. The standard InChI is InChI=1S/C13H17N3O2/c17-13(18)10-2-1-5-16(7-10)12-6-11(9-3-4-9)14-8-15-12/h6,8-10H,1-5,7H2,(H,17,18)/t10-/m0/s1. The van der Waals surface area contributed by atoms with E-state index in [1.165, 1.54) is 12.8 Å². The first-order chi connectivity index (χ1) is 8.74. The Kier molecular flexibility index (Phi) is 2.89. The minimum absolute atomic E-state index is 0.266. The SMILES string of the molecule is O=C(O)[C@H]1CCCN(c2cc(C3CC3)ncn2)C1. The van der Waals surface area contributed by atoms with Crippen LogP contribution in [0.3, 0.4) is 0 Å². The van der Waals surface area contributed by atoms with E-state index >= 15 is 0 Å². The highest BCUT2D eigenvalue weighted by atomic mass is 16.4. The van der Waals surface area contributed by atoms with E-state index in [0.29, 0.717) is 12.5 Å². The number of hydrogen-bond donors (Lipinski definition) is 1. The molecule has 5 nitrogen and oxygen atoms in total. The summed E-state index contributed by atoms with van der Waals surface area (Å²) in [5, 5.41) is 9.10. The van der Waals surface area contributed by atoms with Gasteiger partial charge < -0.3 is 10.0 Å². The van der Waals surface area contributed by atoms with Gasteiger partial charge in [-0.15, -0.1) is 0 Å². The first kappa shape index (κ1) is 11.4. The van der Waals surface area contributed by atoms with E-state index in [2.05, 4.69) is 14.9 Å². The van der Waals surface area contributed by atoms with Gasteiger partial charge in [0.1, 0.15) is 12.1 Å². The quantitative estimate of drug-likeness (QED) is 0.879. The maximum atomic E-state index is 11.1. The van der Waals surface area contributed by atoms with Crippen LogP contribution in [0.4, 0.5) is 5.82 Å². The molecule has 1 atom stereocenters. The lowest BCUT2D eigenvalue weighted by molar-refractivity contribution is -0.141. The van der Waals surface area contributed by atoms with Crippen molar-refractivity contribution in [3.63, 3.8) is 0 Å². The fourth-order valence-electron chi connectivity index (χ4n) is 2.52. The summed E-state index contributed by atoms with van der Waals surface area (Å²) in [5.41, 5.74) is 1.11. The van der Waals surface area contributed by atoms with Crippen molar-refractivity contribution in [2.45, 2.75) is 31.6 Å². The van der Waals surface area contributed by atoms with E-state index < -0.39 is 5.97 Å². The third kappa shape index (κ3) is 2.30. The molecule has 1 aromatic heterocycles. The lowest BCUT2D eigenvalue weighted by Gasteiger charge is -2.31. The number of aromatic nitrogens is 2. The van der Waals surface area contributed by atoms with Gasteiger partial charge in [-0.05, 0) is 25.7 Å². The van der Waals surface area contributed by atoms with Gasteiger partial charge in [-0.2, -0.15) is 0 Å². The number of carbonyl (C=O) groups is 1. The molecule has 0 aromatic carbocycles. The number of carboxylic acids is 1. The van der Waals surface area contributed by atoms with Crippen LogP contribution in [0.15, 0.2) is 12.4 Å². The van der Waals surface area contributed by atoms with Gasteiger partial charge in [0.2, 0.25) is 0 Å². The zero-order valence-electron chi connectivity index (χ0n) is 10.2. The molecular formula is C13H17N3O2. The van der Waals surface area contributed by atoms with E-state index in [4.69, 9.17) is 5.11 Å². The maximum absolute atomic E-state index is 11.1. The second-order valence-electron chi connectivity index (χ2n) is 5.20. The topological polar surface area (TPSA) is 66.3 Å². The largest absolute Gasteiger partial charge is 0.481 e. The van der Waals surface area contributed by atoms with Gasteiger partial charge >= 0.3 is 5.97 Å². The van der Waals surface area contributed by atoms with Crippen LogP contribution < -0.4 is 4.90 Å². The molecule has 0 unspecified atom stereocenters. The van der Waals surface area contributed by atoms with Crippen LogP contribution in [0.25, 0.3) is 0 Å². The molecule has 1 saturated heterocycles. The predicted octanol–water partition coefficient (Wildman–Crippen LogP) is 1.66. The van der Waals surface area contributed by atoms with E-state index in [0.717, 1.165) is 30.9 Å². The van der Waals surface area contributed by atoms with Crippen molar-refractivity contribution < 1.29 is 9.90 Å². The molecular weight excluding hydrogens is 230 g/mol.